The van der Waals surface area contributed by atoms with Crippen LogP contribution in [0.4, 0.5) is 0 Å². The normalized spacial score (nSPS) is 10.7. The summed E-state index contributed by atoms with van der Waals surface area (Å²) >= 11 is 0. The number of nitrogens with zero attached hydrogens (tertiary/aromatic N) is 2. The summed E-state index contributed by atoms with van der Waals surface area (Å²) in [5, 5.41) is 36.3. The van der Waals surface area contributed by atoms with Crippen LogP contribution in [0, 0.1) is 0 Å². The summed E-state index contributed by atoms with van der Waals surface area (Å²) in [5.41, 5.74) is 4.91. The minimum absolute atomic E-state index is 0.00288. The fourth-order valence-electron chi connectivity index (χ4n) is 2.42. The van der Waals surface area contributed by atoms with E-state index in [1.807, 2.05) is 0 Å². The van der Waals surface area contributed by atoms with Gasteiger partial charge in [0.2, 0.25) is 17.7 Å². The Morgan fingerprint density at radius 2 is 1.12 bits per heavy atom. The number of carboxylic acid groups (broad SMARTS) is 3. The van der Waals surface area contributed by atoms with Gasteiger partial charge in [0, 0.05) is 26.2 Å². The Labute approximate surface area is 189 Å². The molecule has 0 rings (SSSR count). The van der Waals surface area contributed by atoms with Crippen LogP contribution in [-0.2, 0) is 28.8 Å². The number of carboxylic acids is 3. The van der Waals surface area contributed by atoms with Crippen LogP contribution in [0.2, 0.25) is 0 Å². The third-order valence-electron chi connectivity index (χ3n) is 3.79. The third-order valence-corrected chi connectivity index (χ3v) is 3.79. The lowest BCUT2D eigenvalue weighted by Gasteiger charge is -2.29. The van der Waals surface area contributed by atoms with Gasteiger partial charge in [-0.15, -0.1) is 0 Å². The molecule has 0 aromatic carbocycles. The molecule has 0 saturated heterocycles. The molecule has 0 aliphatic rings. The van der Waals surface area contributed by atoms with Crippen molar-refractivity contribution >= 4 is 35.6 Å². The van der Waals surface area contributed by atoms with Crippen molar-refractivity contribution in [2.75, 3.05) is 72.1 Å². The predicted octanol–water partition coefficient (Wildman–Crippen LogP) is -5.30. The number of nitrogens with one attached hydrogen (secondary N) is 4. The van der Waals surface area contributed by atoms with E-state index in [1.54, 1.807) is 0 Å². The highest BCUT2D eigenvalue weighted by atomic mass is 16.4. The molecule has 0 aromatic rings. The smallest absolute Gasteiger partial charge is 0.317 e. The van der Waals surface area contributed by atoms with Gasteiger partial charge in [-0.05, 0) is 0 Å². The van der Waals surface area contributed by atoms with E-state index in [0.29, 0.717) is 0 Å². The maximum absolute atomic E-state index is 12.2. The first-order chi connectivity index (χ1) is 15.5. The van der Waals surface area contributed by atoms with E-state index in [9.17, 15) is 28.8 Å². The Kier molecular flexibility index (Phi) is 15.5. The number of primary amides is 1. The second kappa shape index (κ2) is 17.2. The van der Waals surface area contributed by atoms with Crippen molar-refractivity contribution in [1.82, 2.24) is 31.1 Å². The number of carbonyl (C=O) groups is 6. The highest BCUT2D eigenvalue weighted by molar-refractivity contribution is 5.88. The minimum Gasteiger partial charge on any atom is -0.480 e. The number of aliphatic carboxylic acids is 3. The van der Waals surface area contributed by atoms with Gasteiger partial charge in [0.1, 0.15) is 0 Å². The Hall–Kier alpha value is -3.34. The molecule has 0 saturated carbocycles. The van der Waals surface area contributed by atoms with Crippen LogP contribution in [0.1, 0.15) is 0 Å². The van der Waals surface area contributed by atoms with Crippen molar-refractivity contribution < 1.29 is 44.1 Å². The molecule has 9 N–H and O–H groups in total. The van der Waals surface area contributed by atoms with Gasteiger partial charge in [-0.3, -0.25) is 38.6 Å². The second-order valence-electron chi connectivity index (χ2n) is 6.80. The van der Waals surface area contributed by atoms with Gasteiger partial charge in [0.05, 0.1) is 45.9 Å². The maximum atomic E-state index is 12.2. The Bertz CT molecular complexity index is 690. The monoisotopic (exact) mass is 477 g/mol. The fraction of sp³-hybridized carbons (Fsp3) is 0.647. The first-order valence-corrected chi connectivity index (χ1v) is 9.82. The van der Waals surface area contributed by atoms with Crippen molar-refractivity contribution in [1.29, 1.82) is 0 Å². The molecule has 0 aliphatic heterocycles. The van der Waals surface area contributed by atoms with Gasteiger partial charge in [-0.25, -0.2) is 0 Å². The Morgan fingerprint density at radius 3 is 1.58 bits per heavy atom. The fourth-order valence-corrected chi connectivity index (χ4v) is 2.42. The molecule has 0 spiro atoms. The van der Waals surface area contributed by atoms with Crippen molar-refractivity contribution in [3.05, 3.63) is 0 Å². The Balaban J connectivity index is 4.88. The molecule has 16 nitrogen and oxygen atoms in total. The summed E-state index contributed by atoms with van der Waals surface area (Å²) in [7, 11) is 0. The quantitative estimate of drug-likeness (QED) is 0.0604. The van der Waals surface area contributed by atoms with Crippen LogP contribution in [0.15, 0.2) is 0 Å². The van der Waals surface area contributed by atoms with Crippen LogP contribution < -0.4 is 27.0 Å². The second-order valence-corrected chi connectivity index (χ2v) is 6.80. The third kappa shape index (κ3) is 19.1. The van der Waals surface area contributed by atoms with Crippen LogP contribution in [0.25, 0.3) is 0 Å². The summed E-state index contributed by atoms with van der Waals surface area (Å²) in [4.78, 5) is 69.8. The van der Waals surface area contributed by atoms with E-state index in [2.05, 4.69) is 21.3 Å². The van der Waals surface area contributed by atoms with Crippen molar-refractivity contribution in [2.45, 2.75) is 0 Å². The summed E-state index contributed by atoms with van der Waals surface area (Å²) in [6.07, 6.45) is 0. The van der Waals surface area contributed by atoms with E-state index in [1.165, 1.54) is 9.80 Å². The number of amides is 3. The first-order valence-electron chi connectivity index (χ1n) is 9.82. The van der Waals surface area contributed by atoms with Crippen LogP contribution in [0.5, 0.6) is 0 Å². The Morgan fingerprint density at radius 1 is 0.636 bits per heavy atom. The lowest BCUT2D eigenvalue weighted by atomic mass is 10.4. The average molecular weight is 477 g/mol. The highest BCUT2D eigenvalue weighted by Gasteiger charge is 2.17. The molecule has 16 heteroatoms. The zero-order chi connectivity index (χ0) is 25.2. The van der Waals surface area contributed by atoms with Gasteiger partial charge in [-0.1, -0.05) is 0 Å². The zero-order valence-electron chi connectivity index (χ0n) is 18.0. The van der Waals surface area contributed by atoms with E-state index in [-0.39, 0.29) is 65.6 Å². The van der Waals surface area contributed by atoms with Crippen molar-refractivity contribution in [3.63, 3.8) is 0 Å². The highest BCUT2D eigenvalue weighted by Crippen LogP contribution is 1.95. The molecular weight excluding hydrogens is 446 g/mol. The number of hydrogen-bond acceptors (Lipinski definition) is 10. The summed E-state index contributed by atoms with van der Waals surface area (Å²) < 4.78 is 0. The van der Waals surface area contributed by atoms with Gasteiger partial charge in [-0.2, -0.15) is 0 Å². The van der Waals surface area contributed by atoms with E-state index >= 15 is 0 Å². The van der Waals surface area contributed by atoms with Crippen LogP contribution in [0.3, 0.4) is 0 Å². The molecular formula is C17H31N7O9. The minimum atomic E-state index is -1.13. The van der Waals surface area contributed by atoms with Gasteiger partial charge < -0.3 is 42.3 Å². The topological polar surface area (TPSA) is 244 Å². The van der Waals surface area contributed by atoms with Crippen molar-refractivity contribution in [2.24, 2.45) is 5.73 Å². The van der Waals surface area contributed by atoms with E-state index in [0.717, 1.165) is 0 Å². The average Bonchev–Trinajstić information content (AvgIpc) is 2.70. The molecule has 0 aliphatic carbocycles. The van der Waals surface area contributed by atoms with Crippen LogP contribution in [-0.4, -0.2) is 133 Å². The van der Waals surface area contributed by atoms with Crippen molar-refractivity contribution in [3.8, 4) is 0 Å². The number of hydrogen-bond donors (Lipinski definition) is 8. The van der Waals surface area contributed by atoms with E-state index < -0.39 is 42.2 Å². The molecule has 0 fully saturated rings. The molecule has 0 radical (unpaired) electrons. The molecule has 3 amide bonds. The number of carbonyl (C=O) groups excluding carboxylic acids is 3. The summed E-state index contributed by atoms with van der Waals surface area (Å²) in [5.74, 6) is -5.21. The van der Waals surface area contributed by atoms with Gasteiger partial charge in [0.15, 0.2) is 0 Å². The SMILES string of the molecule is NC(=O)CNC(=O)CNC(=O)CN(CCNCC(=O)O)CN(CCNCC(=O)O)CC(=O)O. The zero-order valence-corrected chi connectivity index (χ0v) is 18.0. The number of rotatable bonds is 20. The first kappa shape index (κ1) is 29.7. The van der Waals surface area contributed by atoms with Gasteiger partial charge >= 0.3 is 17.9 Å². The largest absolute Gasteiger partial charge is 0.480 e. The standard InChI is InChI=1S/C17H31N7O9/c18-12(25)5-21-13(26)6-22-14(27)9-23(3-1-19-7-15(28)29)11-24(10-17(32)33)4-2-20-8-16(30)31/h19-20H,1-11H2,(H2,18,25)(H,21,26)(H,22,27)(H,28,29)(H,30,31)(H,32,33). The van der Waals surface area contributed by atoms with Crippen LogP contribution >= 0.6 is 0 Å². The maximum Gasteiger partial charge on any atom is 0.317 e. The molecule has 0 heterocycles. The van der Waals surface area contributed by atoms with E-state index in [4.69, 9.17) is 21.1 Å². The molecule has 0 unspecified atom stereocenters. The molecule has 188 valence electrons. The molecule has 0 atom stereocenters. The predicted molar refractivity (Wildman–Crippen MR) is 112 cm³/mol. The molecule has 0 bridgehead atoms. The van der Waals surface area contributed by atoms with Gasteiger partial charge in [0.25, 0.3) is 0 Å². The lowest BCUT2D eigenvalue weighted by molar-refractivity contribution is -0.139. The molecule has 0 aromatic heterocycles. The lowest BCUT2D eigenvalue weighted by Crippen LogP contribution is -2.49. The summed E-state index contributed by atoms with van der Waals surface area (Å²) in [6, 6.07) is 0. The summed E-state index contributed by atoms with van der Waals surface area (Å²) in [6.45, 7) is -1.33. The molecule has 33 heavy (non-hydrogen) atoms. The number of nitrogens with two attached hydrogens (primary N) is 1.